The third kappa shape index (κ3) is 3.41. The molecular weight excluding hydrogens is 228 g/mol. The van der Waals surface area contributed by atoms with Crippen LogP contribution in [0.3, 0.4) is 0 Å². The number of nitrogens with zero attached hydrogens (tertiary/aromatic N) is 2. The summed E-state index contributed by atoms with van der Waals surface area (Å²) in [6, 6.07) is 3.95. The van der Waals surface area contributed by atoms with E-state index in [4.69, 9.17) is 5.84 Å². The summed E-state index contributed by atoms with van der Waals surface area (Å²) in [4.78, 5) is 6.55. The van der Waals surface area contributed by atoms with Gasteiger partial charge < -0.3 is 10.5 Å². The van der Waals surface area contributed by atoms with Crippen LogP contribution >= 0.6 is 0 Å². The van der Waals surface area contributed by atoms with Gasteiger partial charge in [0.05, 0.1) is 5.60 Å². The van der Waals surface area contributed by atoms with E-state index in [1.165, 1.54) is 0 Å². The van der Waals surface area contributed by atoms with Gasteiger partial charge in [-0.15, -0.1) is 0 Å². The Kier molecular flexibility index (Phi) is 4.16. The Bertz CT molecular complexity index is 394. The third-order valence-corrected chi connectivity index (χ3v) is 3.58. The molecule has 2 heterocycles. The average molecular weight is 250 g/mol. The Labute approximate surface area is 108 Å². The SMILES string of the molecule is CC1(O)CCCN(Cc2cccnc2NN)CC1. The highest BCUT2D eigenvalue weighted by atomic mass is 16.3. The number of hydrogen-bond acceptors (Lipinski definition) is 5. The van der Waals surface area contributed by atoms with Crippen LogP contribution in [0, 0.1) is 0 Å². The number of hydrazine groups is 1. The first kappa shape index (κ1) is 13.3. The molecule has 2 rings (SSSR count). The predicted octanol–water partition coefficient (Wildman–Crippen LogP) is 1.10. The van der Waals surface area contributed by atoms with Crippen LogP contribution in [0.4, 0.5) is 5.82 Å². The number of nitrogen functional groups attached to an aromatic ring is 1. The fraction of sp³-hybridized carbons (Fsp3) is 0.615. The summed E-state index contributed by atoms with van der Waals surface area (Å²) in [6.45, 7) is 4.66. The molecule has 1 saturated heterocycles. The second kappa shape index (κ2) is 5.65. The van der Waals surface area contributed by atoms with Gasteiger partial charge in [-0.25, -0.2) is 10.8 Å². The van der Waals surface area contributed by atoms with Gasteiger partial charge >= 0.3 is 0 Å². The molecule has 0 aromatic carbocycles. The van der Waals surface area contributed by atoms with Gasteiger partial charge in [-0.3, -0.25) is 4.90 Å². The molecule has 0 spiro atoms. The second-order valence-electron chi connectivity index (χ2n) is 5.28. The molecule has 4 N–H and O–H groups in total. The molecule has 1 aliphatic heterocycles. The quantitative estimate of drug-likeness (QED) is 0.553. The molecule has 5 nitrogen and oxygen atoms in total. The van der Waals surface area contributed by atoms with Crippen molar-refractivity contribution in [2.75, 3.05) is 18.5 Å². The lowest BCUT2D eigenvalue weighted by Gasteiger charge is -2.23. The average Bonchev–Trinajstić information content (AvgIpc) is 2.52. The van der Waals surface area contributed by atoms with Gasteiger partial charge in [-0.2, -0.15) is 0 Å². The first-order valence-corrected chi connectivity index (χ1v) is 6.46. The number of hydrogen-bond donors (Lipinski definition) is 3. The number of aliphatic hydroxyl groups is 1. The number of likely N-dealkylation sites (tertiary alicyclic amines) is 1. The summed E-state index contributed by atoms with van der Waals surface area (Å²) < 4.78 is 0. The van der Waals surface area contributed by atoms with E-state index in [0.29, 0.717) is 0 Å². The molecule has 1 atom stereocenters. The second-order valence-corrected chi connectivity index (χ2v) is 5.28. The van der Waals surface area contributed by atoms with Crippen molar-refractivity contribution < 1.29 is 5.11 Å². The maximum atomic E-state index is 10.1. The Hall–Kier alpha value is -1.17. The molecule has 0 radical (unpaired) electrons. The zero-order valence-electron chi connectivity index (χ0n) is 10.9. The van der Waals surface area contributed by atoms with Crippen molar-refractivity contribution in [3.05, 3.63) is 23.9 Å². The fourth-order valence-electron chi connectivity index (χ4n) is 2.41. The number of pyridine rings is 1. The Morgan fingerprint density at radius 2 is 2.33 bits per heavy atom. The summed E-state index contributed by atoms with van der Waals surface area (Å²) in [5.74, 6) is 6.19. The van der Waals surface area contributed by atoms with Gasteiger partial charge in [0, 0.05) is 24.8 Å². The highest BCUT2D eigenvalue weighted by Crippen LogP contribution is 2.23. The highest BCUT2D eigenvalue weighted by molar-refractivity contribution is 5.42. The van der Waals surface area contributed by atoms with Crippen molar-refractivity contribution >= 4 is 5.82 Å². The van der Waals surface area contributed by atoms with Crippen molar-refractivity contribution in [3.63, 3.8) is 0 Å². The van der Waals surface area contributed by atoms with E-state index in [-0.39, 0.29) is 0 Å². The van der Waals surface area contributed by atoms with Crippen LogP contribution in [0.25, 0.3) is 0 Å². The van der Waals surface area contributed by atoms with Crippen LogP contribution in [0.1, 0.15) is 31.7 Å². The van der Waals surface area contributed by atoms with Gasteiger partial charge in [0.1, 0.15) is 5.82 Å². The van der Waals surface area contributed by atoms with Crippen LogP contribution in [-0.4, -0.2) is 33.7 Å². The summed E-state index contributed by atoms with van der Waals surface area (Å²) in [5.41, 5.74) is 3.21. The first-order valence-electron chi connectivity index (χ1n) is 6.46. The number of nitrogens with one attached hydrogen (secondary N) is 1. The van der Waals surface area contributed by atoms with E-state index in [0.717, 1.165) is 50.3 Å². The molecule has 1 aromatic heterocycles. The fourth-order valence-corrected chi connectivity index (χ4v) is 2.41. The molecule has 1 fully saturated rings. The topological polar surface area (TPSA) is 74.4 Å². The summed E-state index contributed by atoms with van der Waals surface area (Å²) in [5, 5.41) is 10.1. The van der Waals surface area contributed by atoms with E-state index in [9.17, 15) is 5.11 Å². The molecule has 5 heteroatoms. The van der Waals surface area contributed by atoms with Gasteiger partial charge in [0.2, 0.25) is 0 Å². The number of rotatable bonds is 3. The molecular formula is C13H22N4O. The highest BCUT2D eigenvalue weighted by Gasteiger charge is 2.25. The van der Waals surface area contributed by atoms with Crippen LogP contribution in [-0.2, 0) is 6.54 Å². The molecule has 1 unspecified atom stereocenters. The van der Waals surface area contributed by atoms with Gasteiger partial charge in [-0.1, -0.05) is 6.07 Å². The minimum atomic E-state index is -0.515. The molecule has 1 aromatic rings. The molecule has 0 bridgehead atoms. The lowest BCUT2D eigenvalue weighted by molar-refractivity contribution is 0.0444. The lowest BCUT2D eigenvalue weighted by Crippen LogP contribution is -2.28. The van der Waals surface area contributed by atoms with Crippen molar-refractivity contribution in [2.45, 2.75) is 38.3 Å². The van der Waals surface area contributed by atoms with E-state index in [2.05, 4.69) is 15.3 Å². The van der Waals surface area contributed by atoms with Crippen molar-refractivity contribution in [1.29, 1.82) is 0 Å². The number of aromatic nitrogens is 1. The van der Waals surface area contributed by atoms with Gasteiger partial charge in [-0.05, 0) is 38.8 Å². The minimum absolute atomic E-state index is 0.515. The maximum absolute atomic E-state index is 10.1. The molecule has 0 saturated carbocycles. The molecule has 1 aliphatic rings. The molecule has 0 amide bonds. The monoisotopic (exact) mass is 250 g/mol. The third-order valence-electron chi connectivity index (χ3n) is 3.58. The zero-order chi connectivity index (χ0) is 13.0. The van der Waals surface area contributed by atoms with Crippen molar-refractivity contribution in [2.24, 2.45) is 5.84 Å². The summed E-state index contributed by atoms with van der Waals surface area (Å²) in [7, 11) is 0. The number of nitrogens with two attached hydrogens (primary N) is 1. The number of anilines is 1. The predicted molar refractivity (Wildman–Crippen MR) is 71.8 cm³/mol. The zero-order valence-corrected chi connectivity index (χ0v) is 10.9. The van der Waals surface area contributed by atoms with Crippen LogP contribution < -0.4 is 11.3 Å². The maximum Gasteiger partial charge on any atom is 0.144 e. The Morgan fingerprint density at radius 3 is 3.11 bits per heavy atom. The van der Waals surface area contributed by atoms with Crippen LogP contribution in [0.5, 0.6) is 0 Å². The minimum Gasteiger partial charge on any atom is -0.390 e. The van der Waals surface area contributed by atoms with E-state index >= 15 is 0 Å². The van der Waals surface area contributed by atoms with E-state index in [1.54, 1.807) is 6.20 Å². The van der Waals surface area contributed by atoms with E-state index < -0.39 is 5.60 Å². The van der Waals surface area contributed by atoms with Gasteiger partial charge in [0.15, 0.2) is 0 Å². The smallest absolute Gasteiger partial charge is 0.144 e. The Morgan fingerprint density at radius 1 is 1.50 bits per heavy atom. The first-order chi connectivity index (χ1) is 8.61. The molecule has 0 aliphatic carbocycles. The normalized spacial score (nSPS) is 25.7. The molecule has 100 valence electrons. The summed E-state index contributed by atoms with van der Waals surface area (Å²) >= 11 is 0. The largest absolute Gasteiger partial charge is 0.390 e. The molecule has 18 heavy (non-hydrogen) atoms. The van der Waals surface area contributed by atoms with Gasteiger partial charge in [0.25, 0.3) is 0 Å². The lowest BCUT2D eigenvalue weighted by atomic mass is 9.98. The van der Waals surface area contributed by atoms with Crippen molar-refractivity contribution in [3.8, 4) is 0 Å². The van der Waals surface area contributed by atoms with Crippen molar-refractivity contribution in [1.82, 2.24) is 9.88 Å². The van der Waals surface area contributed by atoms with E-state index in [1.807, 2.05) is 19.1 Å². The van der Waals surface area contributed by atoms with Crippen LogP contribution in [0.2, 0.25) is 0 Å². The standard InChI is InChI=1S/C13H22N4O/c1-13(18)5-3-8-17(9-6-13)10-11-4-2-7-15-12(11)16-14/h2,4,7,18H,3,5-6,8-10,14H2,1H3,(H,15,16). The Balaban J connectivity index is 2.01. The van der Waals surface area contributed by atoms with Crippen LogP contribution in [0.15, 0.2) is 18.3 Å². The summed E-state index contributed by atoms with van der Waals surface area (Å²) in [6.07, 6.45) is 4.45.